The molecule has 0 radical (unpaired) electrons. The van der Waals surface area contributed by atoms with E-state index in [-0.39, 0.29) is 6.04 Å². The highest BCUT2D eigenvalue weighted by atomic mass is 15.2. The zero-order chi connectivity index (χ0) is 18.8. The van der Waals surface area contributed by atoms with Gasteiger partial charge in [0, 0.05) is 38.3 Å². The number of piperazine rings is 1. The van der Waals surface area contributed by atoms with Gasteiger partial charge in [0.25, 0.3) is 0 Å². The average Bonchev–Trinajstić information content (AvgIpc) is 2.61. The van der Waals surface area contributed by atoms with Crippen LogP contribution in [0.4, 0.5) is 0 Å². The third-order valence-electron chi connectivity index (χ3n) is 4.60. The standard InChI is InChI=1S/C20H36N6/c1-5-6-7-9-18-17(2)23-19(16-26-14-11-21-12-15-26)24-20(18)22-10-8-13-25(3)4/h6-7,9,17,21H,5,8,10-16H2,1-4H3,(H,22,23,24)/b7-6-,18-9+. The Morgan fingerprint density at radius 3 is 2.77 bits per heavy atom. The Morgan fingerprint density at radius 1 is 1.31 bits per heavy atom. The van der Waals surface area contributed by atoms with E-state index in [1.165, 1.54) is 5.57 Å². The van der Waals surface area contributed by atoms with E-state index < -0.39 is 0 Å². The van der Waals surface area contributed by atoms with E-state index in [2.05, 4.69) is 66.6 Å². The molecule has 0 aliphatic carbocycles. The van der Waals surface area contributed by atoms with Gasteiger partial charge in [0.1, 0.15) is 11.7 Å². The van der Waals surface area contributed by atoms with Gasteiger partial charge in [0.15, 0.2) is 0 Å². The second-order valence-corrected chi connectivity index (χ2v) is 7.25. The lowest BCUT2D eigenvalue weighted by Gasteiger charge is -2.31. The fourth-order valence-electron chi connectivity index (χ4n) is 3.14. The van der Waals surface area contributed by atoms with Crippen LogP contribution in [0.15, 0.2) is 33.8 Å². The molecule has 0 amide bonds. The smallest absolute Gasteiger partial charge is 0.131 e. The zero-order valence-electron chi connectivity index (χ0n) is 17.0. The molecule has 0 bridgehead atoms. The molecule has 0 aromatic rings. The van der Waals surface area contributed by atoms with Crippen LogP contribution >= 0.6 is 0 Å². The molecule has 1 saturated heterocycles. The molecule has 1 fully saturated rings. The quantitative estimate of drug-likeness (QED) is 0.645. The second-order valence-electron chi connectivity index (χ2n) is 7.25. The number of amidine groups is 2. The summed E-state index contributed by atoms with van der Waals surface area (Å²) in [6, 6.07) is 0.142. The Kier molecular flexibility index (Phi) is 9.01. The maximum Gasteiger partial charge on any atom is 0.131 e. The molecule has 0 aromatic heterocycles. The van der Waals surface area contributed by atoms with E-state index in [1.807, 2.05) is 0 Å². The van der Waals surface area contributed by atoms with Gasteiger partial charge in [-0.15, -0.1) is 0 Å². The van der Waals surface area contributed by atoms with Gasteiger partial charge in [-0.3, -0.25) is 14.9 Å². The zero-order valence-corrected chi connectivity index (χ0v) is 17.0. The number of allylic oxidation sites excluding steroid dienone is 3. The van der Waals surface area contributed by atoms with Crippen molar-refractivity contribution in [3.63, 3.8) is 0 Å². The lowest BCUT2D eigenvalue weighted by molar-refractivity contribution is 0.270. The SMILES string of the molecule is CC/C=C\C=C1\C(=NCCCN(C)C)NC(CN2CCNCC2)=NC1C. The normalized spacial score (nSPS) is 25.3. The Labute approximate surface area is 159 Å². The Balaban J connectivity index is 2.08. The molecule has 6 heteroatoms. The first kappa shape index (κ1) is 20.8. The summed E-state index contributed by atoms with van der Waals surface area (Å²) in [5.74, 6) is 2.04. The maximum atomic E-state index is 4.90. The van der Waals surface area contributed by atoms with Crippen molar-refractivity contribution in [3.8, 4) is 0 Å². The molecule has 146 valence electrons. The fourth-order valence-corrected chi connectivity index (χ4v) is 3.14. The lowest BCUT2D eigenvalue weighted by Crippen LogP contribution is -2.50. The maximum absolute atomic E-state index is 4.90. The molecule has 2 aliphatic heterocycles. The molecule has 26 heavy (non-hydrogen) atoms. The van der Waals surface area contributed by atoms with Gasteiger partial charge in [-0.05, 0) is 40.4 Å². The molecule has 2 N–H and O–H groups in total. The summed E-state index contributed by atoms with van der Waals surface area (Å²) < 4.78 is 0. The first-order valence-corrected chi connectivity index (χ1v) is 9.93. The van der Waals surface area contributed by atoms with Gasteiger partial charge in [0.05, 0.1) is 12.6 Å². The third kappa shape index (κ3) is 7.02. The summed E-state index contributed by atoms with van der Waals surface area (Å²) in [5, 5.41) is 6.92. The number of nitrogens with zero attached hydrogens (tertiary/aromatic N) is 4. The van der Waals surface area contributed by atoms with Crippen LogP contribution in [0.25, 0.3) is 0 Å². The van der Waals surface area contributed by atoms with Crippen molar-refractivity contribution in [2.75, 3.05) is 59.9 Å². The van der Waals surface area contributed by atoms with E-state index in [1.54, 1.807) is 0 Å². The first-order valence-electron chi connectivity index (χ1n) is 9.93. The van der Waals surface area contributed by atoms with E-state index in [4.69, 9.17) is 9.98 Å². The summed E-state index contributed by atoms with van der Waals surface area (Å²) in [6.07, 6.45) is 8.56. The van der Waals surface area contributed by atoms with Crippen LogP contribution in [0.2, 0.25) is 0 Å². The monoisotopic (exact) mass is 360 g/mol. The van der Waals surface area contributed by atoms with E-state index in [0.717, 1.165) is 70.3 Å². The largest absolute Gasteiger partial charge is 0.328 e. The van der Waals surface area contributed by atoms with Gasteiger partial charge in [-0.25, -0.2) is 0 Å². The molecule has 0 spiro atoms. The average molecular weight is 361 g/mol. The molecule has 0 saturated carbocycles. The lowest BCUT2D eigenvalue weighted by atomic mass is 10.0. The predicted octanol–water partition coefficient (Wildman–Crippen LogP) is 1.52. The summed E-state index contributed by atoms with van der Waals surface area (Å²) in [6.45, 7) is 11.4. The van der Waals surface area contributed by atoms with Crippen molar-refractivity contribution in [1.82, 2.24) is 20.4 Å². The molecule has 1 unspecified atom stereocenters. The summed E-state index contributed by atoms with van der Waals surface area (Å²) >= 11 is 0. The number of hydrogen-bond acceptors (Lipinski definition) is 5. The van der Waals surface area contributed by atoms with E-state index in [9.17, 15) is 0 Å². The summed E-state index contributed by atoms with van der Waals surface area (Å²) in [5.41, 5.74) is 1.18. The van der Waals surface area contributed by atoms with Crippen LogP contribution in [-0.2, 0) is 0 Å². The van der Waals surface area contributed by atoms with Gasteiger partial charge >= 0.3 is 0 Å². The second kappa shape index (κ2) is 11.3. The van der Waals surface area contributed by atoms with Crippen LogP contribution in [0.1, 0.15) is 26.7 Å². The number of rotatable bonds is 8. The molecule has 6 nitrogen and oxygen atoms in total. The Hall–Kier alpha value is -1.50. The molecule has 2 heterocycles. The van der Waals surface area contributed by atoms with Gasteiger partial charge < -0.3 is 15.5 Å². The van der Waals surface area contributed by atoms with E-state index in [0.29, 0.717) is 0 Å². The van der Waals surface area contributed by atoms with Crippen molar-refractivity contribution in [2.24, 2.45) is 9.98 Å². The Morgan fingerprint density at radius 2 is 2.08 bits per heavy atom. The molecule has 0 aromatic carbocycles. The van der Waals surface area contributed by atoms with Crippen LogP contribution < -0.4 is 10.6 Å². The van der Waals surface area contributed by atoms with Crippen LogP contribution in [-0.4, -0.2) is 87.4 Å². The highest BCUT2D eigenvalue weighted by Crippen LogP contribution is 2.14. The fraction of sp³-hybridized carbons (Fsp3) is 0.700. The van der Waals surface area contributed by atoms with Crippen LogP contribution in [0, 0.1) is 0 Å². The minimum Gasteiger partial charge on any atom is -0.328 e. The van der Waals surface area contributed by atoms with E-state index >= 15 is 0 Å². The van der Waals surface area contributed by atoms with Gasteiger partial charge in [0.2, 0.25) is 0 Å². The van der Waals surface area contributed by atoms with Crippen LogP contribution in [0.3, 0.4) is 0 Å². The molecular weight excluding hydrogens is 324 g/mol. The third-order valence-corrected chi connectivity index (χ3v) is 4.60. The van der Waals surface area contributed by atoms with Gasteiger partial charge in [-0.2, -0.15) is 0 Å². The molecular formula is C20H36N6. The Bertz CT molecular complexity index is 541. The number of nitrogens with one attached hydrogen (secondary N) is 2. The van der Waals surface area contributed by atoms with Crippen molar-refractivity contribution < 1.29 is 0 Å². The highest BCUT2D eigenvalue weighted by Gasteiger charge is 2.23. The first-order chi connectivity index (χ1) is 12.6. The number of hydrogen-bond donors (Lipinski definition) is 2. The summed E-state index contributed by atoms with van der Waals surface area (Å²) in [4.78, 5) is 14.4. The van der Waals surface area contributed by atoms with Crippen molar-refractivity contribution >= 4 is 11.7 Å². The minimum atomic E-state index is 0.142. The minimum absolute atomic E-state index is 0.142. The van der Waals surface area contributed by atoms with Gasteiger partial charge in [-0.1, -0.05) is 25.2 Å². The molecule has 2 rings (SSSR count). The van der Waals surface area contributed by atoms with Crippen molar-refractivity contribution in [2.45, 2.75) is 32.7 Å². The van der Waals surface area contributed by atoms with Crippen molar-refractivity contribution in [3.05, 3.63) is 23.8 Å². The molecule has 1 atom stereocenters. The predicted molar refractivity (Wildman–Crippen MR) is 112 cm³/mol. The van der Waals surface area contributed by atoms with Crippen LogP contribution in [0.5, 0.6) is 0 Å². The highest BCUT2D eigenvalue weighted by molar-refractivity contribution is 6.12. The number of aliphatic imine (C=N–C) groups is 2. The van der Waals surface area contributed by atoms with Crippen molar-refractivity contribution in [1.29, 1.82) is 0 Å². The topological polar surface area (TPSA) is 55.3 Å². The molecule has 2 aliphatic rings. The summed E-state index contributed by atoms with van der Waals surface area (Å²) in [7, 11) is 4.21.